The first-order valence-electron chi connectivity index (χ1n) is 7.39. The second-order valence-corrected chi connectivity index (χ2v) is 7.42. The molecule has 0 amide bonds. The van der Waals surface area contributed by atoms with Crippen LogP contribution in [0.3, 0.4) is 0 Å². The molecule has 1 aromatic rings. The molecule has 1 atom stereocenters. The SMILES string of the molecule is CCCNC(CSC1CCCCC1)c1occc1Br. The number of nitrogens with one attached hydrogen (secondary N) is 1. The van der Waals surface area contributed by atoms with Gasteiger partial charge in [-0.1, -0.05) is 26.2 Å². The predicted octanol–water partition coefficient (Wildman–Crippen LogP) is 5.15. The first-order valence-corrected chi connectivity index (χ1v) is 9.23. The van der Waals surface area contributed by atoms with Crippen LogP contribution in [0, 0.1) is 0 Å². The van der Waals surface area contributed by atoms with Gasteiger partial charge in [0.05, 0.1) is 16.8 Å². The molecule has 1 aliphatic carbocycles. The maximum Gasteiger partial charge on any atom is 0.135 e. The van der Waals surface area contributed by atoms with Crippen LogP contribution in [0.4, 0.5) is 0 Å². The number of furan rings is 1. The maximum absolute atomic E-state index is 5.64. The fraction of sp³-hybridized carbons (Fsp3) is 0.733. The minimum Gasteiger partial charge on any atom is -0.466 e. The van der Waals surface area contributed by atoms with E-state index in [2.05, 4.69) is 39.9 Å². The van der Waals surface area contributed by atoms with Crippen molar-refractivity contribution in [1.29, 1.82) is 0 Å². The van der Waals surface area contributed by atoms with E-state index >= 15 is 0 Å². The maximum atomic E-state index is 5.64. The Labute approximate surface area is 129 Å². The largest absolute Gasteiger partial charge is 0.466 e. The summed E-state index contributed by atoms with van der Waals surface area (Å²) in [6, 6.07) is 2.32. The van der Waals surface area contributed by atoms with Gasteiger partial charge < -0.3 is 9.73 Å². The number of thioether (sulfide) groups is 1. The van der Waals surface area contributed by atoms with Gasteiger partial charge in [-0.2, -0.15) is 11.8 Å². The van der Waals surface area contributed by atoms with Crippen LogP contribution in [0.25, 0.3) is 0 Å². The van der Waals surface area contributed by atoms with Crippen LogP contribution in [0.2, 0.25) is 0 Å². The molecule has 1 saturated carbocycles. The summed E-state index contributed by atoms with van der Waals surface area (Å²) in [6.07, 6.45) is 9.96. The van der Waals surface area contributed by atoms with Crippen molar-refractivity contribution in [3.8, 4) is 0 Å². The molecule has 1 aromatic heterocycles. The summed E-state index contributed by atoms with van der Waals surface area (Å²) in [7, 11) is 0. The van der Waals surface area contributed by atoms with E-state index in [1.54, 1.807) is 6.26 Å². The highest BCUT2D eigenvalue weighted by atomic mass is 79.9. The molecule has 108 valence electrons. The minimum absolute atomic E-state index is 0.330. The lowest BCUT2D eigenvalue weighted by Gasteiger charge is -2.24. The predicted molar refractivity (Wildman–Crippen MR) is 86.8 cm³/mol. The monoisotopic (exact) mass is 345 g/mol. The molecule has 4 heteroatoms. The van der Waals surface area contributed by atoms with E-state index < -0.39 is 0 Å². The number of rotatable bonds is 7. The summed E-state index contributed by atoms with van der Waals surface area (Å²) in [5, 5.41) is 4.46. The summed E-state index contributed by atoms with van der Waals surface area (Å²) < 4.78 is 6.73. The van der Waals surface area contributed by atoms with E-state index in [1.807, 2.05) is 6.07 Å². The van der Waals surface area contributed by atoms with Crippen molar-refractivity contribution >= 4 is 27.7 Å². The highest BCUT2D eigenvalue weighted by Crippen LogP contribution is 2.33. The van der Waals surface area contributed by atoms with E-state index in [4.69, 9.17) is 4.42 Å². The molecule has 19 heavy (non-hydrogen) atoms. The molecule has 0 saturated heterocycles. The molecule has 2 nitrogen and oxygen atoms in total. The Bertz CT molecular complexity index is 363. The second kappa shape index (κ2) is 8.38. The van der Waals surface area contributed by atoms with E-state index in [0.717, 1.165) is 34.2 Å². The van der Waals surface area contributed by atoms with E-state index in [9.17, 15) is 0 Å². The quantitative estimate of drug-likeness (QED) is 0.739. The molecule has 1 unspecified atom stereocenters. The Kier molecular flexibility index (Phi) is 6.82. The van der Waals surface area contributed by atoms with Crippen LogP contribution in [0.15, 0.2) is 21.2 Å². The van der Waals surface area contributed by atoms with Gasteiger partial charge in [0, 0.05) is 11.0 Å². The van der Waals surface area contributed by atoms with Gasteiger partial charge in [0.2, 0.25) is 0 Å². The van der Waals surface area contributed by atoms with Crippen LogP contribution >= 0.6 is 27.7 Å². The zero-order valence-electron chi connectivity index (χ0n) is 11.7. The summed E-state index contributed by atoms with van der Waals surface area (Å²) in [5.74, 6) is 2.16. The molecule has 2 rings (SSSR count). The fourth-order valence-corrected chi connectivity index (χ4v) is 4.44. The Morgan fingerprint density at radius 3 is 2.84 bits per heavy atom. The molecule has 0 aromatic carbocycles. The Morgan fingerprint density at radius 2 is 2.21 bits per heavy atom. The van der Waals surface area contributed by atoms with Crippen molar-refractivity contribution in [3.63, 3.8) is 0 Å². The van der Waals surface area contributed by atoms with Crippen molar-refractivity contribution in [1.82, 2.24) is 5.32 Å². The third-order valence-corrected chi connectivity index (χ3v) is 5.78. The Balaban J connectivity index is 1.88. The van der Waals surface area contributed by atoms with Crippen LogP contribution in [-0.4, -0.2) is 17.5 Å². The lowest BCUT2D eigenvalue weighted by atomic mass is 10.0. The van der Waals surface area contributed by atoms with Gasteiger partial charge >= 0.3 is 0 Å². The van der Waals surface area contributed by atoms with Crippen molar-refractivity contribution in [2.45, 2.75) is 56.7 Å². The van der Waals surface area contributed by atoms with E-state index in [-0.39, 0.29) is 0 Å². The summed E-state index contributed by atoms with van der Waals surface area (Å²) in [5.41, 5.74) is 0. The van der Waals surface area contributed by atoms with Gasteiger partial charge in [-0.15, -0.1) is 0 Å². The van der Waals surface area contributed by atoms with Gasteiger partial charge in [-0.25, -0.2) is 0 Å². The highest BCUT2D eigenvalue weighted by Gasteiger charge is 2.20. The van der Waals surface area contributed by atoms with Crippen molar-refractivity contribution in [2.24, 2.45) is 0 Å². The molecule has 0 bridgehead atoms. The normalized spacial score (nSPS) is 18.6. The molecule has 1 heterocycles. The average Bonchev–Trinajstić information content (AvgIpc) is 2.86. The molecular formula is C15H24BrNOS. The topological polar surface area (TPSA) is 25.2 Å². The van der Waals surface area contributed by atoms with Gasteiger partial charge in [0.1, 0.15) is 5.76 Å². The number of hydrogen-bond donors (Lipinski definition) is 1. The third kappa shape index (κ3) is 4.83. The fourth-order valence-electron chi connectivity index (χ4n) is 2.56. The number of hydrogen-bond acceptors (Lipinski definition) is 3. The zero-order chi connectivity index (χ0) is 13.5. The third-order valence-electron chi connectivity index (χ3n) is 3.65. The smallest absolute Gasteiger partial charge is 0.135 e. The highest BCUT2D eigenvalue weighted by molar-refractivity contribution is 9.10. The molecule has 1 aliphatic rings. The molecule has 0 spiro atoms. The molecule has 0 radical (unpaired) electrons. The van der Waals surface area contributed by atoms with Crippen molar-refractivity contribution in [2.75, 3.05) is 12.3 Å². The first-order chi connectivity index (χ1) is 9.31. The Hall–Kier alpha value is 0.0700. The lowest BCUT2D eigenvalue weighted by molar-refractivity contribution is 0.431. The summed E-state index contributed by atoms with van der Waals surface area (Å²) in [6.45, 7) is 3.25. The van der Waals surface area contributed by atoms with Crippen LogP contribution in [0.5, 0.6) is 0 Å². The van der Waals surface area contributed by atoms with Crippen LogP contribution < -0.4 is 5.32 Å². The summed E-state index contributed by atoms with van der Waals surface area (Å²) in [4.78, 5) is 0. The van der Waals surface area contributed by atoms with Crippen LogP contribution in [0.1, 0.15) is 57.3 Å². The second-order valence-electron chi connectivity index (χ2n) is 5.23. The van der Waals surface area contributed by atoms with Crippen molar-refractivity contribution in [3.05, 3.63) is 22.6 Å². The van der Waals surface area contributed by atoms with Gasteiger partial charge in [-0.3, -0.25) is 0 Å². The molecule has 1 N–H and O–H groups in total. The molecular weight excluding hydrogens is 322 g/mol. The number of halogens is 1. The van der Waals surface area contributed by atoms with Crippen LogP contribution in [-0.2, 0) is 0 Å². The average molecular weight is 346 g/mol. The molecule has 1 fully saturated rings. The summed E-state index contributed by atoms with van der Waals surface area (Å²) >= 11 is 5.70. The lowest BCUT2D eigenvalue weighted by Crippen LogP contribution is -2.25. The van der Waals surface area contributed by atoms with E-state index in [0.29, 0.717) is 6.04 Å². The van der Waals surface area contributed by atoms with Crippen molar-refractivity contribution < 1.29 is 4.42 Å². The van der Waals surface area contributed by atoms with Gasteiger partial charge in [0.25, 0.3) is 0 Å². The van der Waals surface area contributed by atoms with Gasteiger partial charge in [-0.05, 0) is 47.8 Å². The zero-order valence-corrected chi connectivity index (χ0v) is 14.1. The minimum atomic E-state index is 0.330. The standard InChI is InChI=1S/C15H24BrNOS/c1-2-9-17-14(15-13(16)8-10-18-15)11-19-12-6-4-3-5-7-12/h8,10,12,14,17H,2-7,9,11H2,1H3. The first kappa shape index (κ1) is 15.5. The Morgan fingerprint density at radius 1 is 1.42 bits per heavy atom. The van der Waals surface area contributed by atoms with E-state index in [1.165, 1.54) is 32.1 Å². The van der Waals surface area contributed by atoms with Gasteiger partial charge in [0.15, 0.2) is 0 Å². The molecule has 0 aliphatic heterocycles.